The largest absolute Gasteiger partial charge is 0.382 e. The Bertz CT molecular complexity index is 521. The number of para-hydroxylation sites is 1. The van der Waals surface area contributed by atoms with Gasteiger partial charge >= 0.3 is 0 Å². The van der Waals surface area contributed by atoms with Crippen molar-refractivity contribution in [1.82, 2.24) is 4.90 Å². The number of anilines is 1. The van der Waals surface area contributed by atoms with Gasteiger partial charge in [0.05, 0.1) is 18.1 Å². The summed E-state index contributed by atoms with van der Waals surface area (Å²) < 4.78 is 5.74. The molecule has 1 saturated heterocycles. The fourth-order valence-electron chi connectivity index (χ4n) is 3.55. The van der Waals surface area contributed by atoms with Gasteiger partial charge in [-0.2, -0.15) is 0 Å². The highest BCUT2D eigenvalue weighted by atomic mass is 16.5. The molecule has 0 aliphatic carbocycles. The third-order valence-corrected chi connectivity index (χ3v) is 4.36. The molecule has 2 aliphatic rings. The number of ether oxygens (including phenoxy) is 1. The van der Waals surface area contributed by atoms with Crippen LogP contribution in [0.2, 0.25) is 0 Å². The van der Waals surface area contributed by atoms with Gasteiger partial charge in [-0.3, -0.25) is 4.79 Å². The molecule has 114 valence electrons. The van der Waals surface area contributed by atoms with Gasteiger partial charge in [0.1, 0.15) is 0 Å². The normalized spacial score (nSPS) is 32.2. The fraction of sp³-hybridized carbons (Fsp3) is 0.588. The minimum absolute atomic E-state index is 0.0325. The molecule has 1 aromatic rings. The van der Waals surface area contributed by atoms with E-state index < -0.39 is 0 Å². The summed E-state index contributed by atoms with van der Waals surface area (Å²) in [6.45, 7) is 7.61. The van der Waals surface area contributed by atoms with Crippen LogP contribution in [-0.2, 0) is 9.53 Å². The first kappa shape index (κ1) is 14.4. The van der Waals surface area contributed by atoms with Gasteiger partial charge in [-0.15, -0.1) is 0 Å². The number of fused-ring (bicyclic) bond motifs is 1. The van der Waals surface area contributed by atoms with E-state index in [1.54, 1.807) is 0 Å². The smallest absolute Gasteiger partial charge is 0.230 e. The van der Waals surface area contributed by atoms with Crippen molar-refractivity contribution in [2.24, 2.45) is 0 Å². The molecule has 4 unspecified atom stereocenters. The lowest BCUT2D eigenvalue weighted by Gasteiger charge is -2.39. The maximum Gasteiger partial charge on any atom is 0.230 e. The maximum atomic E-state index is 13.0. The minimum atomic E-state index is -0.0325. The third-order valence-electron chi connectivity index (χ3n) is 4.36. The number of carbonyl (C=O) groups excluding carboxylic acids is 1. The van der Waals surface area contributed by atoms with E-state index in [0.717, 1.165) is 17.7 Å². The van der Waals surface area contributed by atoms with E-state index >= 15 is 0 Å². The number of hydrogen-bond donors (Lipinski definition) is 1. The Labute approximate surface area is 126 Å². The molecule has 21 heavy (non-hydrogen) atoms. The summed E-state index contributed by atoms with van der Waals surface area (Å²) in [5, 5.41) is 3.47. The molecule has 3 rings (SSSR count). The van der Waals surface area contributed by atoms with Crippen molar-refractivity contribution in [2.45, 2.75) is 51.4 Å². The van der Waals surface area contributed by atoms with Gasteiger partial charge in [0.25, 0.3) is 0 Å². The Hall–Kier alpha value is -1.55. The zero-order valence-electron chi connectivity index (χ0n) is 13.0. The van der Waals surface area contributed by atoms with Gasteiger partial charge in [0, 0.05) is 24.8 Å². The van der Waals surface area contributed by atoms with Crippen molar-refractivity contribution >= 4 is 11.6 Å². The fourth-order valence-corrected chi connectivity index (χ4v) is 3.55. The monoisotopic (exact) mass is 288 g/mol. The molecule has 1 amide bonds. The molecule has 0 spiro atoms. The molecule has 0 saturated carbocycles. The van der Waals surface area contributed by atoms with Crippen molar-refractivity contribution in [2.75, 3.05) is 18.4 Å². The Morgan fingerprint density at radius 1 is 1.19 bits per heavy atom. The summed E-state index contributed by atoms with van der Waals surface area (Å²) in [5.41, 5.74) is 2.23. The van der Waals surface area contributed by atoms with Gasteiger partial charge in [0.15, 0.2) is 0 Å². The lowest BCUT2D eigenvalue weighted by Crippen LogP contribution is -2.50. The molecule has 0 aromatic heterocycles. The number of rotatable bonds is 1. The van der Waals surface area contributed by atoms with Crippen molar-refractivity contribution in [3.63, 3.8) is 0 Å². The Balaban J connectivity index is 1.84. The second kappa shape index (κ2) is 5.68. The van der Waals surface area contributed by atoms with Crippen molar-refractivity contribution in [3.05, 3.63) is 29.8 Å². The highest BCUT2D eigenvalue weighted by molar-refractivity contribution is 5.86. The first-order valence-electron chi connectivity index (χ1n) is 7.84. The van der Waals surface area contributed by atoms with Crippen LogP contribution >= 0.6 is 0 Å². The van der Waals surface area contributed by atoms with Crippen LogP contribution in [0, 0.1) is 0 Å². The average molecular weight is 288 g/mol. The number of nitrogens with one attached hydrogen (secondary N) is 1. The third kappa shape index (κ3) is 2.91. The topological polar surface area (TPSA) is 41.6 Å². The molecule has 4 heteroatoms. The summed E-state index contributed by atoms with van der Waals surface area (Å²) in [4.78, 5) is 15.0. The summed E-state index contributed by atoms with van der Waals surface area (Å²) >= 11 is 0. The average Bonchev–Trinajstić information content (AvgIpc) is 2.44. The Kier molecular flexibility index (Phi) is 3.89. The molecule has 2 heterocycles. The Morgan fingerprint density at radius 3 is 2.57 bits per heavy atom. The van der Waals surface area contributed by atoms with Crippen LogP contribution in [-0.4, -0.2) is 42.1 Å². The Morgan fingerprint density at radius 2 is 1.86 bits per heavy atom. The van der Waals surface area contributed by atoms with E-state index in [-0.39, 0.29) is 24.0 Å². The SMILES string of the molecule is CC1CC(C(=O)N2CC(C)OC(C)C2)c2ccccc2N1. The molecule has 2 aliphatic heterocycles. The van der Waals surface area contributed by atoms with E-state index in [1.165, 1.54) is 0 Å². The molecule has 1 N–H and O–H groups in total. The van der Waals surface area contributed by atoms with E-state index in [2.05, 4.69) is 24.4 Å². The highest BCUT2D eigenvalue weighted by Gasteiger charge is 2.35. The molecular weight excluding hydrogens is 264 g/mol. The van der Waals surface area contributed by atoms with Crippen LogP contribution < -0.4 is 5.32 Å². The maximum absolute atomic E-state index is 13.0. The van der Waals surface area contributed by atoms with Crippen LogP contribution in [0.4, 0.5) is 5.69 Å². The predicted molar refractivity (Wildman–Crippen MR) is 83.5 cm³/mol. The van der Waals surface area contributed by atoms with E-state index in [9.17, 15) is 4.79 Å². The molecule has 4 nitrogen and oxygen atoms in total. The molecule has 0 radical (unpaired) electrons. The van der Waals surface area contributed by atoms with Gasteiger partial charge < -0.3 is 15.0 Å². The first-order chi connectivity index (χ1) is 10.0. The second-order valence-electron chi connectivity index (χ2n) is 6.42. The standard InChI is InChI=1S/C17H24N2O2/c1-11-8-15(14-6-4-5-7-16(14)18-11)17(20)19-9-12(2)21-13(3)10-19/h4-7,11-13,15,18H,8-10H2,1-3H3. The number of amides is 1. The van der Waals surface area contributed by atoms with Crippen molar-refractivity contribution in [3.8, 4) is 0 Å². The second-order valence-corrected chi connectivity index (χ2v) is 6.42. The minimum Gasteiger partial charge on any atom is -0.382 e. The highest BCUT2D eigenvalue weighted by Crippen LogP contribution is 2.35. The number of morpholine rings is 1. The summed E-state index contributed by atoms with van der Waals surface area (Å²) in [6, 6.07) is 8.50. The summed E-state index contributed by atoms with van der Waals surface area (Å²) in [5.74, 6) is 0.216. The van der Waals surface area contributed by atoms with Crippen LogP contribution in [0.1, 0.15) is 38.7 Å². The molecule has 1 aromatic carbocycles. The number of nitrogens with zero attached hydrogens (tertiary/aromatic N) is 1. The molecule has 1 fully saturated rings. The van der Waals surface area contributed by atoms with Crippen LogP contribution in [0.3, 0.4) is 0 Å². The van der Waals surface area contributed by atoms with Gasteiger partial charge in [-0.25, -0.2) is 0 Å². The predicted octanol–water partition coefficient (Wildman–Crippen LogP) is 2.61. The zero-order valence-corrected chi connectivity index (χ0v) is 13.0. The van der Waals surface area contributed by atoms with E-state index in [0.29, 0.717) is 19.1 Å². The lowest BCUT2D eigenvalue weighted by atomic mass is 9.86. The molecular formula is C17H24N2O2. The van der Waals surface area contributed by atoms with Crippen molar-refractivity contribution in [1.29, 1.82) is 0 Å². The summed E-state index contributed by atoms with van der Waals surface area (Å²) in [6.07, 6.45) is 1.09. The van der Waals surface area contributed by atoms with Crippen LogP contribution in [0.15, 0.2) is 24.3 Å². The van der Waals surface area contributed by atoms with E-state index in [4.69, 9.17) is 4.74 Å². The van der Waals surface area contributed by atoms with Crippen LogP contribution in [0.25, 0.3) is 0 Å². The van der Waals surface area contributed by atoms with Gasteiger partial charge in [-0.05, 0) is 38.8 Å². The lowest BCUT2D eigenvalue weighted by molar-refractivity contribution is -0.145. The van der Waals surface area contributed by atoms with E-state index in [1.807, 2.05) is 30.9 Å². The van der Waals surface area contributed by atoms with Gasteiger partial charge in [0.2, 0.25) is 5.91 Å². The summed E-state index contributed by atoms with van der Waals surface area (Å²) in [7, 11) is 0. The molecule has 0 bridgehead atoms. The zero-order chi connectivity index (χ0) is 15.0. The first-order valence-corrected chi connectivity index (χ1v) is 7.84. The molecule has 4 atom stereocenters. The van der Waals surface area contributed by atoms with Crippen LogP contribution in [0.5, 0.6) is 0 Å². The number of carbonyl (C=O) groups is 1. The number of benzene rings is 1. The van der Waals surface area contributed by atoms with Crippen molar-refractivity contribution < 1.29 is 9.53 Å². The number of hydrogen-bond acceptors (Lipinski definition) is 3. The quantitative estimate of drug-likeness (QED) is 0.863. The van der Waals surface area contributed by atoms with Gasteiger partial charge in [-0.1, -0.05) is 18.2 Å².